The average Bonchev–Trinajstić information content (AvgIpc) is 2.18. The lowest BCUT2D eigenvalue weighted by atomic mass is 9.79. The minimum atomic E-state index is 0.170. The number of carbonyl (C=O) groups excluding carboxylic acids is 1. The van der Waals surface area contributed by atoms with Gasteiger partial charge in [0.15, 0.2) is 0 Å². The molecule has 0 aromatic carbocycles. The first kappa shape index (κ1) is 12.5. The van der Waals surface area contributed by atoms with Crippen molar-refractivity contribution in [2.24, 2.45) is 17.6 Å². The molecule has 0 saturated heterocycles. The summed E-state index contributed by atoms with van der Waals surface area (Å²) in [7, 11) is 0. The summed E-state index contributed by atoms with van der Waals surface area (Å²) < 4.78 is 0. The molecule has 3 atom stereocenters. The Morgan fingerprint density at radius 3 is 2.33 bits per heavy atom. The monoisotopic (exact) mass is 212 g/mol. The SMILES string of the molecule is CCN(CC)C(=O)C1CC(C)CC(N)C1. The lowest BCUT2D eigenvalue weighted by Crippen LogP contribution is -2.42. The Kier molecular flexibility index (Phi) is 4.58. The molecule has 2 N–H and O–H groups in total. The van der Waals surface area contributed by atoms with Crippen molar-refractivity contribution in [2.45, 2.75) is 46.1 Å². The molecule has 1 saturated carbocycles. The van der Waals surface area contributed by atoms with Gasteiger partial charge in [0.05, 0.1) is 0 Å². The summed E-state index contributed by atoms with van der Waals surface area (Å²) >= 11 is 0. The fourth-order valence-corrected chi connectivity index (χ4v) is 2.65. The van der Waals surface area contributed by atoms with Crippen molar-refractivity contribution >= 4 is 5.91 Å². The van der Waals surface area contributed by atoms with Crippen LogP contribution in [0.25, 0.3) is 0 Å². The number of carbonyl (C=O) groups is 1. The van der Waals surface area contributed by atoms with Crippen molar-refractivity contribution in [1.82, 2.24) is 4.90 Å². The molecule has 0 spiro atoms. The molecule has 15 heavy (non-hydrogen) atoms. The van der Waals surface area contributed by atoms with E-state index >= 15 is 0 Å². The van der Waals surface area contributed by atoms with Crippen LogP contribution in [0.3, 0.4) is 0 Å². The fourth-order valence-electron chi connectivity index (χ4n) is 2.65. The number of nitrogens with zero attached hydrogens (tertiary/aromatic N) is 1. The van der Waals surface area contributed by atoms with E-state index in [1.165, 1.54) is 0 Å². The van der Waals surface area contributed by atoms with Crippen molar-refractivity contribution in [1.29, 1.82) is 0 Å². The molecule has 1 fully saturated rings. The van der Waals surface area contributed by atoms with Gasteiger partial charge in [0, 0.05) is 25.0 Å². The van der Waals surface area contributed by atoms with E-state index in [2.05, 4.69) is 6.92 Å². The number of hydrogen-bond acceptors (Lipinski definition) is 2. The van der Waals surface area contributed by atoms with Crippen molar-refractivity contribution in [3.05, 3.63) is 0 Å². The zero-order valence-corrected chi connectivity index (χ0v) is 10.2. The second kappa shape index (κ2) is 5.50. The third-order valence-electron chi connectivity index (χ3n) is 3.40. The Balaban J connectivity index is 2.58. The standard InChI is InChI=1S/C12H24N2O/c1-4-14(5-2)12(15)10-6-9(3)7-11(13)8-10/h9-11H,4-8,13H2,1-3H3. The Labute approximate surface area is 93.0 Å². The summed E-state index contributed by atoms with van der Waals surface area (Å²) in [4.78, 5) is 14.0. The smallest absolute Gasteiger partial charge is 0.225 e. The Hall–Kier alpha value is -0.570. The van der Waals surface area contributed by atoms with Gasteiger partial charge in [-0.15, -0.1) is 0 Å². The molecule has 1 aliphatic rings. The quantitative estimate of drug-likeness (QED) is 0.772. The molecule has 3 heteroatoms. The molecule has 3 nitrogen and oxygen atoms in total. The zero-order valence-electron chi connectivity index (χ0n) is 10.2. The number of hydrogen-bond donors (Lipinski definition) is 1. The molecule has 1 amide bonds. The molecule has 0 heterocycles. The second-order valence-electron chi connectivity index (χ2n) is 4.78. The number of amides is 1. The van der Waals surface area contributed by atoms with Gasteiger partial charge in [0.25, 0.3) is 0 Å². The molecule has 0 aromatic rings. The highest BCUT2D eigenvalue weighted by molar-refractivity contribution is 5.79. The molecule has 88 valence electrons. The van der Waals surface area contributed by atoms with Crippen molar-refractivity contribution in [3.8, 4) is 0 Å². The van der Waals surface area contributed by atoms with Crippen LogP contribution in [0.1, 0.15) is 40.0 Å². The molecule has 0 bridgehead atoms. The van der Waals surface area contributed by atoms with Crippen LogP contribution in [-0.2, 0) is 4.79 Å². The predicted octanol–water partition coefficient (Wildman–Crippen LogP) is 1.62. The van der Waals surface area contributed by atoms with Gasteiger partial charge in [-0.05, 0) is 39.0 Å². The van der Waals surface area contributed by atoms with E-state index in [0.29, 0.717) is 11.8 Å². The highest BCUT2D eigenvalue weighted by Crippen LogP contribution is 2.29. The third kappa shape index (κ3) is 3.20. The normalized spacial score (nSPS) is 31.3. The van der Waals surface area contributed by atoms with Gasteiger partial charge in [0.2, 0.25) is 5.91 Å². The summed E-state index contributed by atoms with van der Waals surface area (Å²) in [6.45, 7) is 7.90. The van der Waals surface area contributed by atoms with Gasteiger partial charge < -0.3 is 10.6 Å². The van der Waals surface area contributed by atoms with Gasteiger partial charge in [-0.3, -0.25) is 4.79 Å². The summed E-state index contributed by atoms with van der Waals surface area (Å²) in [5, 5.41) is 0. The lowest BCUT2D eigenvalue weighted by Gasteiger charge is -2.33. The number of nitrogens with two attached hydrogens (primary N) is 1. The minimum absolute atomic E-state index is 0.170. The summed E-state index contributed by atoms with van der Waals surface area (Å²) in [6, 6.07) is 0.221. The Morgan fingerprint density at radius 1 is 1.27 bits per heavy atom. The van der Waals surface area contributed by atoms with Crippen LogP contribution in [0.4, 0.5) is 0 Å². The van der Waals surface area contributed by atoms with Crippen molar-refractivity contribution in [3.63, 3.8) is 0 Å². The summed E-state index contributed by atoms with van der Waals surface area (Å²) in [5.41, 5.74) is 5.97. The van der Waals surface area contributed by atoms with Crippen LogP contribution in [0.2, 0.25) is 0 Å². The molecule has 0 radical (unpaired) electrons. The minimum Gasteiger partial charge on any atom is -0.343 e. The number of rotatable bonds is 3. The van der Waals surface area contributed by atoms with E-state index < -0.39 is 0 Å². The van der Waals surface area contributed by atoms with Crippen LogP contribution in [0.15, 0.2) is 0 Å². The maximum Gasteiger partial charge on any atom is 0.225 e. The van der Waals surface area contributed by atoms with Gasteiger partial charge in [-0.1, -0.05) is 6.92 Å². The third-order valence-corrected chi connectivity index (χ3v) is 3.40. The Morgan fingerprint density at radius 2 is 1.87 bits per heavy atom. The van der Waals surface area contributed by atoms with Crippen LogP contribution in [0.5, 0.6) is 0 Å². The first-order valence-electron chi connectivity index (χ1n) is 6.12. The average molecular weight is 212 g/mol. The molecule has 3 unspecified atom stereocenters. The van der Waals surface area contributed by atoms with Crippen LogP contribution >= 0.6 is 0 Å². The zero-order chi connectivity index (χ0) is 11.4. The van der Waals surface area contributed by atoms with Gasteiger partial charge >= 0.3 is 0 Å². The van der Waals surface area contributed by atoms with Crippen LogP contribution < -0.4 is 5.73 Å². The summed E-state index contributed by atoms with van der Waals surface area (Å²) in [5.74, 6) is 1.07. The van der Waals surface area contributed by atoms with Crippen molar-refractivity contribution in [2.75, 3.05) is 13.1 Å². The summed E-state index contributed by atoms with van der Waals surface area (Å²) in [6.07, 6.45) is 2.96. The first-order chi connectivity index (χ1) is 7.08. The fraction of sp³-hybridized carbons (Fsp3) is 0.917. The molecular weight excluding hydrogens is 188 g/mol. The van der Waals surface area contributed by atoms with Crippen LogP contribution in [0, 0.1) is 11.8 Å². The topological polar surface area (TPSA) is 46.3 Å². The largest absolute Gasteiger partial charge is 0.343 e. The molecule has 0 aromatic heterocycles. The maximum atomic E-state index is 12.1. The van der Waals surface area contributed by atoms with E-state index in [1.807, 2.05) is 18.7 Å². The van der Waals surface area contributed by atoms with E-state index in [-0.39, 0.29) is 12.0 Å². The van der Waals surface area contributed by atoms with E-state index in [4.69, 9.17) is 5.73 Å². The highest BCUT2D eigenvalue weighted by Gasteiger charge is 2.30. The second-order valence-corrected chi connectivity index (χ2v) is 4.78. The van der Waals surface area contributed by atoms with Gasteiger partial charge in [-0.2, -0.15) is 0 Å². The highest BCUT2D eigenvalue weighted by atomic mass is 16.2. The maximum absolute atomic E-state index is 12.1. The van der Waals surface area contributed by atoms with Gasteiger partial charge in [-0.25, -0.2) is 0 Å². The van der Waals surface area contributed by atoms with E-state index in [0.717, 1.165) is 32.4 Å². The van der Waals surface area contributed by atoms with E-state index in [1.54, 1.807) is 0 Å². The van der Waals surface area contributed by atoms with Gasteiger partial charge in [0.1, 0.15) is 0 Å². The van der Waals surface area contributed by atoms with Crippen LogP contribution in [-0.4, -0.2) is 29.9 Å². The van der Waals surface area contributed by atoms with E-state index in [9.17, 15) is 4.79 Å². The Bertz CT molecular complexity index is 204. The van der Waals surface area contributed by atoms with Crippen molar-refractivity contribution < 1.29 is 4.79 Å². The molecular formula is C12H24N2O. The predicted molar refractivity (Wildman–Crippen MR) is 62.4 cm³/mol. The lowest BCUT2D eigenvalue weighted by molar-refractivity contribution is -0.136. The molecule has 1 rings (SSSR count). The molecule has 1 aliphatic carbocycles. The first-order valence-corrected chi connectivity index (χ1v) is 6.12. The molecule has 0 aliphatic heterocycles.